The van der Waals surface area contributed by atoms with Gasteiger partial charge in [0, 0.05) is 10.7 Å². The minimum atomic E-state index is -0.412. The van der Waals surface area contributed by atoms with Gasteiger partial charge in [-0.25, -0.2) is 9.29 Å². The van der Waals surface area contributed by atoms with Crippen molar-refractivity contribution < 1.29 is 23.5 Å². The van der Waals surface area contributed by atoms with Crippen LogP contribution in [0.3, 0.4) is 0 Å². The summed E-state index contributed by atoms with van der Waals surface area (Å²) in [6.07, 6.45) is 1.62. The highest BCUT2D eigenvalue weighted by Crippen LogP contribution is 2.36. The largest absolute Gasteiger partial charge is 0.484 e. The Morgan fingerprint density at radius 1 is 1.00 bits per heavy atom. The molecule has 0 atom stereocenters. The molecule has 1 N–H and O–H groups in total. The summed E-state index contributed by atoms with van der Waals surface area (Å²) in [7, 11) is 0. The third kappa shape index (κ3) is 5.60. The van der Waals surface area contributed by atoms with Crippen molar-refractivity contribution in [3.05, 3.63) is 94.1 Å². The van der Waals surface area contributed by atoms with Gasteiger partial charge in [0.25, 0.3) is 17.1 Å². The number of carbonyl (C=O) groups is 3. The Morgan fingerprint density at radius 3 is 2.33 bits per heavy atom. The Morgan fingerprint density at radius 2 is 1.67 bits per heavy atom. The highest BCUT2D eigenvalue weighted by atomic mass is 35.5. The summed E-state index contributed by atoms with van der Waals surface area (Å²) in [4.78, 5) is 38.4. The van der Waals surface area contributed by atoms with E-state index in [4.69, 9.17) is 16.3 Å². The first kappa shape index (κ1) is 22.6. The summed E-state index contributed by atoms with van der Waals surface area (Å²) < 4.78 is 18.4. The van der Waals surface area contributed by atoms with E-state index in [2.05, 4.69) is 5.32 Å². The number of hydrogen-bond acceptors (Lipinski definition) is 5. The molecule has 4 rings (SSSR count). The second kappa shape index (κ2) is 9.89. The number of amides is 3. The van der Waals surface area contributed by atoms with Gasteiger partial charge in [0.2, 0.25) is 0 Å². The van der Waals surface area contributed by atoms with E-state index in [0.717, 1.165) is 16.7 Å². The van der Waals surface area contributed by atoms with Gasteiger partial charge < -0.3 is 10.1 Å². The normalized spacial score (nSPS) is 14.6. The molecule has 166 valence electrons. The molecule has 1 aliphatic rings. The van der Waals surface area contributed by atoms with E-state index in [-0.39, 0.29) is 23.6 Å². The van der Waals surface area contributed by atoms with E-state index < -0.39 is 5.91 Å². The van der Waals surface area contributed by atoms with Crippen molar-refractivity contribution in [1.82, 2.24) is 0 Å². The lowest BCUT2D eigenvalue weighted by atomic mass is 10.2. The summed E-state index contributed by atoms with van der Waals surface area (Å²) in [5, 5.41) is 2.73. The molecule has 3 aromatic carbocycles. The number of halogens is 2. The zero-order chi connectivity index (χ0) is 23.4. The van der Waals surface area contributed by atoms with Gasteiger partial charge in [0.05, 0.1) is 10.6 Å². The predicted molar refractivity (Wildman–Crippen MR) is 127 cm³/mol. The molecule has 0 spiro atoms. The first-order chi connectivity index (χ1) is 15.9. The molecule has 0 unspecified atom stereocenters. The highest BCUT2D eigenvalue weighted by molar-refractivity contribution is 8.19. The summed E-state index contributed by atoms with van der Waals surface area (Å²) >= 11 is 6.72. The Bertz CT molecular complexity index is 1230. The molecule has 1 aliphatic heterocycles. The first-order valence-corrected chi connectivity index (χ1v) is 10.9. The van der Waals surface area contributed by atoms with Crippen LogP contribution in [0.15, 0.2) is 77.7 Å². The third-order valence-corrected chi connectivity index (χ3v) is 5.68. The SMILES string of the molecule is O=C(COc1ccc(/C=C2/SC(=O)N(c3ccc(Cl)cc3)C2=O)cc1)Nc1ccc(F)cc1. The molecular weight excluding hydrogens is 467 g/mol. The Hall–Kier alpha value is -3.62. The van der Waals surface area contributed by atoms with Crippen LogP contribution in [-0.2, 0) is 9.59 Å². The maximum absolute atomic E-state index is 12.9. The van der Waals surface area contributed by atoms with Gasteiger partial charge in [-0.1, -0.05) is 23.7 Å². The maximum Gasteiger partial charge on any atom is 0.298 e. The van der Waals surface area contributed by atoms with E-state index >= 15 is 0 Å². The summed E-state index contributed by atoms with van der Waals surface area (Å²) in [5.41, 5.74) is 1.61. The van der Waals surface area contributed by atoms with Gasteiger partial charge in [-0.05, 0) is 84.1 Å². The number of ether oxygens (including phenoxy) is 1. The topological polar surface area (TPSA) is 75.7 Å². The van der Waals surface area contributed by atoms with Crippen molar-refractivity contribution in [2.75, 3.05) is 16.8 Å². The second-order valence-electron chi connectivity index (χ2n) is 6.91. The minimum Gasteiger partial charge on any atom is -0.484 e. The standard InChI is InChI=1S/C24H16ClFN2O4S/c25-16-3-9-19(10-4-16)28-23(30)21(33-24(28)31)13-15-1-11-20(12-2-15)32-14-22(29)27-18-7-5-17(26)6-8-18/h1-13H,14H2,(H,27,29)/b21-13+. The van der Waals surface area contributed by atoms with Gasteiger partial charge in [0.1, 0.15) is 11.6 Å². The van der Waals surface area contributed by atoms with Gasteiger partial charge in [-0.3, -0.25) is 14.4 Å². The second-order valence-corrected chi connectivity index (χ2v) is 8.34. The number of anilines is 2. The van der Waals surface area contributed by atoms with Crippen LogP contribution in [0.5, 0.6) is 5.75 Å². The van der Waals surface area contributed by atoms with Crippen molar-refractivity contribution in [2.45, 2.75) is 0 Å². The van der Waals surface area contributed by atoms with Crippen LogP contribution in [0.25, 0.3) is 6.08 Å². The van der Waals surface area contributed by atoms with Crippen LogP contribution in [0.1, 0.15) is 5.56 Å². The number of carbonyl (C=O) groups excluding carboxylic acids is 3. The Kier molecular flexibility index (Phi) is 6.76. The number of benzene rings is 3. The molecule has 33 heavy (non-hydrogen) atoms. The van der Waals surface area contributed by atoms with Crippen LogP contribution in [-0.4, -0.2) is 23.7 Å². The number of rotatable bonds is 6. The van der Waals surface area contributed by atoms with E-state index in [0.29, 0.717) is 32.6 Å². The van der Waals surface area contributed by atoms with Gasteiger partial charge >= 0.3 is 0 Å². The fourth-order valence-corrected chi connectivity index (χ4v) is 3.94. The van der Waals surface area contributed by atoms with Gasteiger partial charge in [-0.2, -0.15) is 0 Å². The molecule has 0 radical (unpaired) electrons. The maximum atomic E-state index is 12.9. The highest BCUT2D eigenvalue weighted by Gasteiger charge is 2.36. The lowest BCUT2D eigenvalue weighted by Crippen LogP contribution is -2.27. The third-order valence-electron chi connectivity index (χ3n) is 4.55. The number of nitrogens with one attached hydrogen (secondary N) is 1. The quantitative estimate of drug-likeness (QED) is 0.453. The molecule has 3 amide bonds. The fourth-order valence-electron chi connectivity index (χ4n) is 2.97. The average molecular weight is 483 g/mol. The van der Waals surface area contributed by atoms with Crippen LogP contribution in [0.4, 0.5) is 20.6 Å². The van der Waals surface area contributed by atoms with E-state index in [1.165, 1.54) is 24.3 Å². The molecule has 1 saturated heterocycles. The Balaban J connectivity index is 1.36. The van der Waals surface area contributed by atoms with Crippen molar-refractivity contribution in [1.29, 1.82) is 0 Å². The fraction of sp³-hybridized carbons (Fsp3) is 0.0417. The van der Waals surface area contributed by atoms with Crippen LogP contribution in [0.2, 0.25) is 5.02 Å². The zero-order valence-corrected chi connectivity index (χ0v) is 18.5. The van der Waals surface area contributed by atoms with Crippen molar-refractivity contribution in [3.8, 4) is 5.75 Å². The monoisotopic (exact) mass is 482 g/mol. The van der Waals surface area contributed by atoms with Crippen LogP contribution in [0, 0.1) is 5.82 Å². The molecule has 1 heterocycles. The number of nitrogens with zero attached hydrogens (tertiary/aromatic N) is 1. The van der Waals surface area contributed by atoms with Crippen molar-refractivity contribution >= 4 is 57.9 Å². The van der Waals surface area contributed by atoms with Crippen molar-refractivity contribution in [2.24, 2.45) is 0 Å². The zero-order valence-electron chi connectivity index (χ0n) is 17.0. The molecule has 0 bridgehead atoms. The van der Waals surface area contributed by atoms with Crippen LogP contribution < -0.4 is 15.0 Å². The number of thioether (sulfide) groups is 1. The first-order valence-electron chi connectivity index (χ1n) is 9.71. The molecule has 0 aliphatic carbocycles. The van der Waals surface area contributed by atoms with E-state index in [1.807, 2.05) is 0 Å². The number of hydrogen-bond donors (Lipinski definition) is 1. The molecule has 3 aromatic rings. The molecule has 6 nitrogen and oxygen atoms in total. The number of imide groups is 1. The smallest absolute Gasteiger partial charge is 0.298 e. The molecule has 9 heteroatoms. The average Bonchev–Trinajstić information content (AvgIpc) is 3.08. The Labute approximate surface area is 198 Å². The minimum absolute atomic E-state index is 0.225. The summed E-state index contributed by atoms with van der Waals surface area (Å²) in [5.74, 6) is -0.735. The molecule has 0 saturated carbocycles. The molecular formula is C24H16ClFN2O4S. The van der Waals surface area contributed by atoms with E-state index in [1.54, 1.807) is 54.6 Å². The van der Waals surface area contributed by atoms with Crippen molar-refractivity contribution in [3.63, 3.8) is 0 Å². The van der Waals surface area contributed by atoms with E-state index in [9.17, 15) is 18.8 Å². The molecule has 1 fully saturated rings. The molecule has 0 aromatic heterocycles. The van der Waals surface area contributed by atoms with Gasteiger partial charge in [-0.15, -0.1) is 0 Å². The van der Waals surface area contributed by atoms with Gasteiger partial charge in [0.15, 0.2) is 6.61 Å². The summed E-state index contributed by atoms with van der Waals surface area (Å²) in [6, 6.07) is 18.6. The van der Waals surface area contributed by atoms with Crippen LogP contribution >= 0.6 is 23.4 Å². The summed E-state index contributed by atoms with van der Waals surface area (Å²) in [6.45, 7) is -0.225. The lowest BCUT2D eigenvalue weighted by Gasteiger charge is -2.12. The predicted octanol–water partition coefficient (Wildman–Crippen LogP) is 5.74. The lowest BCUT2D eigenvalue weighted by molar-refractivity contribution is -0.118.